The number of amides is 2. The van der Waals surface area contributed by atoms with Crippen LogP contribution in [0, 0.1) is 0 Å². The number of carbonyl (C=O) groups is 2. The summed E-state index contributed by atoms with van der Waals surface area (Å²) >= 11 is 0. The molecule has 0 bridgehead atoms. The van der Waals surface area contributed by atoms with Gasteiger partial charge in [0.25, 0.3) is 0 Å². The fourth-order valence-corrected chi connectivity index (χ4v) is 4.70. The number of hydrogen-bond donors (Lipinski definition) is 1. The molecule has 174 valence electrons. The minimum Gasteiger partial charge on any atom is -0.464 e. The number of piperazine rings is 1. The van der Waals surface area contributed by atoms with E-state index in [1.165, 1.54) is 40.2 Å². The first-order chi connectivity index (χ1) is 14.9. The van der Waals surface area contributed by atoms with Crippen molar-refractivity contribution in [1.82, 2.24) is 13.8 Å². The molecular formula is C19H21F3N4O5S. The zero-order valence-electron chi connectivity index (χ0n) is 17.2. The second-order valence-electron chi connectivity index (χ2n) is 7.06. The molecule has 9 nitrogen and oxygen atoms in total. The van der Waals surface area contributed by atoms with Gasteiger partial charge in [0, 0.05) is 45.1 Å². The smallest absolute Gasteiger partial charge is 0.416 e. The second-order valence-corrected chi connectivity index (χ2v) is 9.00. The van der Waals surface area contributed by atoms with Crippen molar-refractivity contribution in [3.63, 3.8) is 0 Å². The number of nitrogens with one attached hydrogen (secondary N) is 1. The summed E-state index contributed by atoms with van der Waals surface area (Å²) in [5, 5.41) is 2.50. The molecule has 2 heterocycles. The molecule has 1 fully saturated rings. The van der Waals surface area contributed by atoms with Gasteiger partial charge in [0.15, 0.2) is 0 Å². The van der Waals surface area contributed by atoms with Gasteiger partial charge in [0.05, 0.1) is 12.7 Å². The summed E-state index contributed by atoms with van der Waals surface area (Å²) in [7, 11) is -1.18. The van der Waals surface area contributed by atoms with Gasteiger partial charge in [-0.3, -0.25) is 0 Å². The lowest BCUT2D eigenvalue weighted by molar-refractivity contribution is -0.137. The number of alkyl halides is 3. The molecule has 13 heteroatoms. The Bertz CT molecular complexity index is 1100. The molecule has 1 aromatic heterocycles. The Balaban J connectivity index is 1.62. The Morgan fingerprint density at radius 3 is 2.19 bits per heavy atom. The fraction of sp³-hybridized carbons (Fsp3) is 0.368. The topological polar surface area (TPSA) is 101 Å². The largest absolute Gasteiger partial charge is 0.464 e. The van der Waals surface area contributed by atoms with E-state index >= 15 is 0 Å². The summed E-state index contributed by atoms with van der Waals surface area (Å²) in [5.74, 6) is -0.668. The van der Waals surface area contributed by atoms with Crippen LogP contribution in [0.4, 0.5) is 23.7 Å². The Hall–Kier alpha value is -3.06. The summed E-state index contributed by atoms with van der Waals surface area (Å²) in [5.41, 5.74) is -0.552. The highest BCUT2D eigenvalue weighted by atomic mass is 32.2. The average Bonchev–Trinajstić information content (AvgIpc) is 3.15. The molecule has 2 amide bonds. The van der Waals surface area contributed by atoms with Crippen molar-refractivity contribution in [3.05, 3.63) is 47.8 Å². The van der Waals surface area contributed by atoms with Crippen LogP contribution in [0.1, 0.15) is 16.1 Å². The van der Waals surface area contributed by atoms with Crippen LogP contribution < -0.4 is 5.32 Å². The maximum Gasteiger partial charge on any atom is 0.416 e. The van der Waals surface area contributed by atoms with Gasteiger partial charge in [-0.2, -0.15) is 17.5 Å². The number of sulfonamides is 1. The molecule has 0 unspecified atom stereocenters. The third-order valence-electron chi connectivity index (χ3n) is 5.00. The molecule has 1 aliphatic rings. The highest BCUT2D eigenvalue weighted by molar-refractivity contribution is 7.89. The van der Waals surface area contributed by atoms with E-state index in [2.05, 4.69) is 10.1 Å². The third kappa shape index (κ3) is 4.88. The quantitative estimate of drug-likeness (QED) is 0.686. The average molecular weight is 474 g/mol. The van der Waals surface area contributed by atoms with Crippen molar-refractivity contribution >= 4 is 27.7 Å². The van der Waals surface area contributed by atoms with Crippen LogP contribution >= 0.6 is 0 Å². The molecule has 1 aromatic carbocycles. The van der Waals surface area contributed by atoms with Gasteiger partial charge in [-0.1, -0.05) is 0 Å². The zero-order chi connectivity index (χ0) is 23.7. The molecular weight excluding hydrogens is 453 g/mol. The van der Waals surface area contributed by atoms with Gasteiger partial charge in [0.2, 0.25) is 10.0 Å². The summed E-state index contributed by atoms with van der Waals surface area (Å²) in [6.45, 7) is 0.210. The minimum atomic E-state index is -4.47. The molecule has 0 radical (unpaired) electrons. The number of rotatable bonds is 4. The fourth-order valence-electron chi connectivity index (χ4n) is 3.21. The number of anilines is 1. The van der Waals surface area contributed by atoms with E-state index in [1.807, 2.05) is 0 Å². The number of esters is 1. The van der Waals surface area contributed by atoms with E-state index in [4.69, 9.17) is 0 Å². The molecule has 1 saturated heterocycles. The summed E-state index contributed by atoms with van der Waals surface area (Å²) < 4.78 is 70.9. The molecule has 3 rings (SSSR count). The Labute approximate surface area is 182 Å². The maximum atomic E-state index is 12.9. The minimum absolute atomic E-state index is 0.0191. The van der Waals surface area contributed by atoms with Crippen LogP contribution in [0.5, 0.6) is 0 Å². The van der Waals surface area contributed by atoms with Crippen LogP contribution in [-0.4, -0.2) is 67.5 Å². The van der Waals surface area contributed by atoms with Gasteiger partial charge in [0.1, 0.15) is 10.6 Å². The molecule has 0 saturated carbocycles. The standard InChI is InChI=1S/C19H21F3N4O5S/c1-24-12-15(11-16(24)17(27)31-2)32(29,30)26-9-7-25(8-10-26)18(28)23-14-5-3-13(4-6-14)19(20,21)22/h3-6,11-12H,7-10H2,1-2H3,(H,23,28). The van der Waals surface area contributed by atoms with E-state index in [0.717, 1.165) is 24.3 Å². The number of urea groups is 1. The molecule has 1 aliphatic heterocycles. The highest BCUT2D eigenvalue weighted by Gasteiger charge is 2.32. The van der Waals surface area contributed by atoms with Crippen LogP contribution in [-0.2, 0) is 28.0 Å². The maximum absolute atomic E-state index is 12.9. The van der Waals surface area contributed by atoms with Gasteiger partial charge < -0.3 is 19.5 Å². The zero-order valence-corrected chi connectivity index (χ0v) is 18.0. The van der Waals surface area contributed by atoms with Crippen molar-refractivity contribution < 1.29 is 35.9 Å². The Kier molecular flexibility index (Phi) is 6.51. The Morgan fingerprint density at radius 1 is 1.06 bits per heavy atom. The van der Waals surface area contributed by atoms with E-state index < -0.39 is 33.8 Å². The summed E-state index contributed by atoms with van der Waals surface area (Å²) in [4.78, 5) is 25.4. The van der Waals surface area contributed by atoms with E-state index in [9.17, 15) is 31.2 Å². The molecule has 2 aromatic rings. The number of benzene rings is 1. The summed E-state index contributed by atoms with van der Waals surface area (Å²) in [6, 6.07) is 4.70. The molecule has 1 N–H and O–H groups in total. The highest BCUT2D eigenvalue weighted by Crippen LogP contribution is 2.30. The first-order valence-corrected chi connectivity index (χ1v) is 10.9. The number of halogens is 3. The second kappa shape index (κ2) is 8.82. The van der Waals surface area contributed by atoms with Crippen LogP contribution in [0.25, 0.3) is 0 Å². The van der Waals surface area contributed by atoms with Crippen molar-refractivity contribution in [2.45, 2.75) is 11.1 Å². The summed E-state index contributed by atoms with van der Waals surface area (Å²) in [6.07, 6.45) is -3.16. The monoisotopic (exact) mass is 474 g/mol. The molecule has 32 heavy (non-hydrogen) atoms. The molecule has 0 atom stereocenters. The van der Waals surface area contributed by atoms with Gasteiger partial charge in [-0.25, -0.2) is 18.0 Å². The molecule has 0 spiro atoms. The van der Waals surface area contributed by atoms with Crippen molar-refractivity contribution in [2.24, 2.45) is 7.05 Å². The van der Waals surface area contributed by atoms with Gasteiger partial charge in [-0.05, 0) is 30.3 Å². The van der Waals surface area contributed by atoms with Crippen LogP contribution in [0.2, 0.25) is 0 Å². The van der Waals surface area contributed by atoms with Gasteiger partial charge in [-0.15, -0.1) is 0 Å². The Morgan fingerprint density at radius 2 is 1.66 bits per heavy atom. The van der Waals surface area contributed by atoms with E-state index in [1.54, 1.807) is 0 Å². The van der Waals surface area contributed by atoms with Crippen LogP contribution in [0.15, 0.2) is 41.4 Å². The number of aryl methyl sites for hydroxylation is 1. The van der Waals surface area contributed by atoms with Crippen molar-refractivity contribution in [3.8, 4) is 0 Å². The van der Waals surface area contributed by atoms with E-state index in [0.29, 0.717) is 0 Å². The first kappa shape index (κ1) is 23.6. The normalized spacial score (nSPS) is 15.5. The first-order valence-electron chi connectivity index (χ1n) is 9.41. The number of hydrogen-bond acceptors (Lipinski definition) is 5. The van der Waals surface area contributed by atoms with Crippen LogP contribution in [0.3, 0.4) is 0 Å². The van der Waals surface area contributed by atoms with Gasteiger partial charge >= 0.3 is 18.2 Å². The number of aromatic nitrogens is 1. The number of carbonyl (C=O) groups excluding carboxylic acids is 2. The predicted molar refractivity (Wildman–Crippen MR) is 108 cm³/mol. The van der Waals surface area contributed by atoms with Crippen molar-refractivity contribution in [1.29, 1.82) is 0 Å². The SMILES string of the molecule is COC(=O)c1cc(S(=O)(=O)N2CCN(C(=O)Nc3ccc(C(F)(F)F)cc3)CC2)cn1C. The van der Waals surface area contributed by atoms with Crippen molar-refractivity contribution in [2.75, 3.05) is 38.6 Å². The third-order valence-corrected chi connectivity index (χ3v) is 6.87. The number of nitrogens with zero attached hydrogens (tertiary/aromatic N) is 3. The lowest BCUT2D eigenvalue weighted by Crippen LogP contribution is -2.51. The lowest BCUT2D eigenvalue weighted by atomic mass is 10.2. The predicted octanol–water partition coefficient (Wildman–Crippen LogP) is 2.37. The number of methoxy groups -OCH3 is 1. The van der Waals surface area contributed by atoms with E-state index in [-0.39, 0.29) is 42.5 Å². The molecule has 0 aliphatic carbocycles. The number of ether oxygens (including phenoxy) is 1. The lowest BCUT2D eigenvalue weighted by Gasteiger charge is -2.33.